The monoisotopic (exact) mass is 276 g/mol. The van der Waals surface area contributed by atoms with E-state index in [4.69, 9.17) is 0 Å². The standard InChI is InChI=1S/C21H24/c1-17-9-11-18(12-10-17)7-5-6-8-19-13-15-20(16-14-19)21(2,3)4/h5-16H,1-4H3. The first-order valence-electron chi connectivity index (χ1n) is 7.47. The largest absolute Gasteiger partial charge is 0.0617 e. The SMILES string of the molecule is Cc1ccc(C=CC=Cc2ccc(C(C)(C)C)cc2)cc1. The van der Waals surface area contributed by atoms with E-state index in [1.54, 1.807) is 0 Å². The van der Waals surface area contributed by atoms with Gasteiger partial charge in [0.05, 0.1) is 0 Å². The van der Waals surface area contributed by atoms with Crippen molar-refractivity contribution in [3.63, 3.8) is 0 Å². The van der Waals surface area contributed by atoms with E-state index in [9.17, 15) is 0 Å². The summed E-state index contributed by atoms with van der Waals surface area (Å²) in [6, 6.07) is 17.3. The van der Waals surface area contributed by atoms with Crippen LogP contribution in [0.25, 0.3) is 12.2 Å². The third-order valence-corrected chi connectivity index (χ3v) is 3.54. The predicted molar refractivity (Wildman–Crippen MR) is 94.4 cm³/mol. The van der Waals surface area contributed by atoms with E-state index in [0.29, 0.717) is 0 Å². The minimum atomic E-state index is 0.216. The van der Waals surface area contributed by atoms with Crippen LogP contribution in [0.1, 0.15) is 43.0 Å². The Bertz CT molecular complexity index is 617. The lowest BCUT2D eigenvalue weighted by atomic mass is 9.87. The molecule has 0 amide bonds. The zero-order valence-electron chi connectivity index (χ0n) is 13.4. The van der Waals surface area contributed by atoms with Crippen molar-refractivity contribution in [3.05, 3.63) is 82.9 Å². The maximum atomic E-state index is 2.24. The molecule has 0 nitrogen and oxygen atoms in total. The summed E-state index contributed by atoms with van der Waals surface area (Å²) in [6.07, 6.45) is 8.44. The van der Waals surface area contributed by atoms with E-state index >= 15 is 0 Å². The van der Waals surface area contributed by atoms with Crippen LogP contribution < -0.4 is 0 Å². The molecule has 2 aromatic rings. The summed E-state index contributed by atoms with van der Waals surface area (Å²) in [5, 5.41) is 0. The van der Waals surface area contributed by atoms with Gasteiger partial charge in [-0.15, -0.1) is 0 Å². The number of allylic oxidation sites excluding steroid dienone is 2. The van der Waals surface area contributed by atoms with Gasteiger partial charge in [0.15, 0.2) is 0 Å². The maximum Gasteiger partial charge on any atom is -0.0132 e. The lowest BCUT2D eigenvalue weighted by Crippen LogP contribution is -2.10. The molecule has 0 bridgehead atoms. The summed E-state index contributed by atoms with van der Waals surface area (Å²) in [4.78, 5) is 0. The van der Waals surface area contributed by atoms with Crippen LogP contribution in [0.3, 0.4) is 0 Å². The smallest absolute Gasteiger partial charge is 0.0132 e. The second kappa shape index (κ2) is 6.58. The summed E-state index contributed by atoms with van der Waals surface area (Å²) < 4.78 is 0. The molecule has 0 heterocycles. The number of aryl methyl sites for hydroxylation is 1. The molecule has 2 aromatic carbocycles. The molecule has 0 spiro atoms. The summed E-state index contributed by atoms with van der Waals surface area (Å²) in [7, 11) is 0. The molecule has 0 aromatic heterocycles. The van der Waals surface area contributed by atoms with Crippen LogP contribution in [0, 0.1) is 6.92 Å². The van der Waals surface area contributed by atoms with Gasteiger partial charge < -0.3 is 0 Å². The van der Waals surface area contributed by atoms with Crippen molar-refractivity contribution in [2.24, 2.45) is 0 Å². The molecule has 0 fully saturated rings. The van der Waals surface area contributed by atoms with Gasteiger partial charge in [-0.1, -0.05) is 99.2 Å². The van der Waals surface area contributed by atoms with Gasteiger partial charge in [0.1, 0.15) is 0 Å². The Balaban J connectivity index is 1.99. The number of hydrogen-bond acceptors (Lipinski definition) is 0. The zero-order valence-corrected chi connectivity index (χ0v) is 13.4. The highest BCUT2D eigenvalue weighted by Gasteiger charge is 2.12. The molecule has 0 aliphatic rings. The van der Waals surface area contributed by atoms with E-state index < -0.39 is 0 Å². The number of hydrogen-bond donors (Lipinski definition) is 0. The van der Waals surface area contributed by atoms with Gasteiger partial charge in [-0.3, -0.25) is 0 Å². The Kier molecular flexibility index (Phi) is 4.80. The summed E-state index contributed by atoms with van der Waals surface area (Å²) in [6.45, 7) is 8.82. The van der Waals surface area contributed by atoms with Crippen molar-refractivity contribution in [2.45, 2.75) is 33.1 Å². The third kappa shape index (κ3) is 4.75. The summed E-state index contributed by atoms with van der Waals surface area (Å²) >= 11 is 0. The predicted octanol–water partition coefficient (Wildman–Crippen LogP) is 6.02. The second-order valence-corrected chi connectivity index (χ2v) is 6.50. The Hall–Kier alpha value is -2.08. The average Bonchev–Trinajstić information content (AvgIpc) is 2.45. The molecule has 21 heavy (non-hydrogen) atoms. The lowest BCUT2D eigenvalue weighted by Gasteiger charge is -2.18. The maximum absolute atomic E-state index is 2.24. The summed E-state index contributed by atoms with van der Waals surface area (Å²) in [5.41, 5.74) is 5.34. The van der Waals surface area contributed by atoms with Gasteiger partial charge in [-0.25, -0.2) is 0 Å². The molecular formula is C21H24. The molecule has 0 saturated heterocycles. The van der Waals surface area contributed by atoms with Crippen molar-refractivity contribution < 1.29 is 0 Å². The first-order chi connectivity index (χ1) is 9.95. The summed E-state index contributed by atoms with van der Waals surface area (Å²) in [5.74, 6) is 0. The second-order valence-electron chi connectivity index (χ2n) is 6.50. The highest BCUT2D eigenvalue weighted by atomic mass is 14.2. The normalized spacial score (nSPS) is 12.4. The Morgan fingerprint density at radius 1 is 0.667 bits per heavy atom. The Morgan fingerprint density at radius 2 is 1.10 bits per heavy atom. The molecule has 0 saturated carbocycles. The van der Waals surface area contributed by atoms with Crippen molar-refractivity contribution in [2.75, 3.05) is 0 Å². The first-order valence-corrected chi connectivity index (χ1v) is 7.47. The van der Waals surface area contributed by atoms with Gasteiger partial charge in [-0.2, -0.15) is 0 Å². The van der Waals surface area contributed by atoms with Gasteiger partial charge in [0.25, 0.3) is 0 Å². The van der Waals surface area contributed by atoms with Crippen LogP contribution >= 0.6 is 0 Å². The van der Waals surface area contributed by atoms with Crippen LogP contribution in [-0.2, 0) is 5.41 Å². The van der Waals surface area contributed by atoms with Gasteiger partial charge in [0.2, 0.25) is 0 Å². The third-order valence-electron chi connectivity index (χ3n) is 3.54. The van der Waals surface area contributed by atoms with Crippen LogP contribution in [0.2, 0.25) is 0 Å². The fraction of sp³-hybridized carbons (Fsp3) is 0.238. The molecule has 0 unspecified atom stereocenters. The van der Waals surface area contributed by atoms with E-state index in [1.165, 1.54) is 22.3 Å². The fourth-order valence-corrected chi connectivity index (χ4v) is 2.11. The van der Waals surface area contributed by atoms with Gasteiger partial charge in [-0.05, 0) is 29.0 Å². The van der Waals surface area contributed by atoms with Crippen LogP contribution in [-0.4, -0.2) is 0 Å². The van der Waals surface area contributed by atoms with Crippen molar-refractivity contribution in [1.82, 2.24) is 0 Å². The Labute approximate surface area is 128 Å². The van der Waals surface area contributed by atoms with Crippen LogP contribution in [0.4, 0.5) is 0 Å². The molecule has 0 radical (unpaired) electrons. The van der Waals surface area contributed by atoms with E-state index in [1.807, 2.05) is 0 Å². The van der Waals surface area contributed by atoms with Crippen molar-refractivity contribution in [1.29, 1.82) is 0 Å². The molecule has 0 heteroatoms. The molecular weight excluding hydrogens is 252 g/mol. The molecule has 0 atom stereocenters. The highest BCUT2D eigenvalue weighted by Crippen LogP contribution is 2.22. The minimum absolute atomic E-state index is 0.216. The minimum Gasteiger partial charge on any atom is -0.0617 e. The average molecular weight is 276 g/mol. The molecule has 2 rings (SSSR count). The van der Waals surface area contributed by atoms with Crippen LogP contribution in [0.5, 0.6) is 0 Å². The Morgan fingerprint density at radius 3 is 1.52 bits per heavy atom. The molecule has 0 N–H and O–H groups in total. The van der Waals surface area contributed by atoms with Gasteiger partial charge in [0, 0.05) is 0 Å². The van der Waals surface area contributed by atoms with Gasteiger partial charge >= 0.3 is 0 Å². The van der Waals surface area contributed by atoms with E-state index in [0.717, 1.165) is 0 Å². The number of benzene rings is 2. The molecule has 0 aliphatic heterocycles. The van der Waals surface area contributed by atoms with Crippen molar-refractivity contribution in [3.8, 4) is 0 Å². The quantitative estimate of drug-likeness (QED) is 0.601. The lowest BCUT2D eigenvalue weighted by molar-refractivity contribution is 0.590. The topological polar surface area (TPSA) is 0 Å². The highest BCUT2D eigenvalue weighted by molar-refractivity contribution is 5.57. The zero-order chi connectivity index (χ0) is 15.3. The first kappa shape index (κ1) is 15.3. The van der Waals surface area contributed by atoms with E-state index in [-0.39, 0.29) is 5.41 Å². The molecule has 108 valence electrons. The van der Waals surface area contributed by atoms with Crippen LogP contribution in [0.15, 0.2) is 60.7 Å². The molecule has 0 aliphatic carbocycles. The fourth-order valence-electron chi connectivity index (χ4n) is 2.11. The van der Waals surface area contributed by atoms with E-state index in [2.05, 4.69) is 101 Å². The van der Waals surface area contributed by atoms with Crippen molar-refractivity contribution >= 4 is 12.2 Å². The number of rotatable bonds is 3.